The van der Waals surface area contributed by atoms with Crippen molar-refractivity contribution in [2.75, 3.05) is 37.8 Å². The Morgan fingerprint density at radius 2 is 2.03 bits per heavy atom. The predicted octanol–water partition coefficient (Wildman–Crippen LogP) is 3.93. The van der Waals surface area contributed by atoms with Gasteiger partial charge in [0.2, 0.25) is 0 Å². The van der Waals surface area contributed by atoms with Crippen LogP contribution in [-0.4, -0.2) is 50.5 Å². The van der Waals surface area contributed by atoms with Crippen molar-refractivity contribution in [3.8, 4) is 23.3 Å². The second-order valence-electron chi connectivity index (χ2n) is 7.73. The predicted molar refractivity (Wildman–Crippen MR) is 116 cm³/mol. The normalized spacial score (nSPS) is 15.1. The molecule has 3 rings (SSSR count). The third kappa shape index (κ3) is 6.08. The number of amides is 1. The molecule has 2 aromatic rings. The van der Waals surface area contributed by atoms with E-state index in [9.17, 15) is 18.0 Å². The molecule has 2 N–H and O–H groups in total. The van der Waals surface area contributed by atoms with Crippen molar-refractivity contribution in [2.24, 2.45) is 0 Å². The van der Waals surface area contributed by atoms with Gasteiger partial charge in [0.05, 0.1) is 24.5 Å². The molecule has 9 heteroatoms. The first kappa shape index (κ1) is 23.3. The van der Waals surface area contributed by atoms with Gasteiger partial charge < -0.3 is 20.1 Å². The van der Waals surface area contributed by atoms with Gasteiger partial charge in [-0.15, -0.1) is 13.2 Å². The zero-order valence-corrected chi connectivity index (χ0v) is 18.2. The van der Waals surface area contributed by atoms with Crippen molar-refractivity contribution in [1.82, 2.24) is 4.90 Å². The number of hydrogen-bond acceptors (Lipinski definition) is 5. The fourth-order valence-electron chi connectivity index (χ4n) is 3.22. The lowest BCUT2D eigenvalue weighted by molar-refractivity contribution is -0.274. The van der Waals surface area contributed by atoms with Crippen LogP contribution in [0.1, 0.15) is 16.7 Å². The molecule has 0 saturated carbocycles. The molecular formula is C23H24F3N3O3. The molecule has 1 heterocycles. The van der Waals surface area contributed by atoms with E-state index < -0.39 is 24.1 Å². The quantitative estimate of drug-likeness (QED) is 0.696. The van der Waals surface area contributed by atoms with E-state index in [1.807, 2.05) is 45.0 Å². The summed E-state index contributed by atoms with van der Waals surface area (Å²) < 4.78 is 47.1. The van der Waals surface area contributed by atoms with Crippen LogP contribution >= 0.6 is 0 Å². The minimum atomic E-state index is -4.82. The summed E-state index contributed by atoms with van der Waals surface area (Å²) in [4.78, 5) is 14.9. The highest BCUT2D eigenvalue weighted by Crippen LogP contribution is 2.35. The molecule has 0 aromatic heterocycles. The maximum atomic E-state index is 12.9. The number of benzene rings is 2. The summed E-state index contributed by atoms with van der Waals surface area (Å²) in [5.41, 5.74) is 3.59. The molecule has 0 spiro atoms. The molecule has 0 fully saturated rings. The van der Waals surface area contributed by atoms with E-state index in [1.165, 1.54) is 12.1 Å². The Morgan fingerprint density at radius 3 is 2.72 bits per heavy atom. The van der Waals surface area contributed by atoms with Crippen LogP contribution in [0.5, 0.6) is 11.5 Å². The SMILES string of the molecule is Cc1cc(C)c(NC(=O)C2CNc3ccc(OC(F)(F)F)cc3O2)c(C#CCN(C)C)c1. The highest BCUT2D eigenvalue weighted by molar-refractivity contribution is 5.97. The maximum Gasteiger partial charge on any atom is 0.573 e. The molecule has 170 valence electrons. The summed E-state index contributed by atoms with van der Waals surface area (Å²) in [6.07, 6.45) is -5.77. The number of aryl methyl sites for hydroxylation is 2. The lowest BCUT2D eigenvalue weighted by Gasteiger charge is -2.27. The molecule has 0 bridgehead atoms. The van der Waals surface area contributed by atoms with Gasteiger partial charge in [0.15, 0.2) is 6.10 Å². The van der Waals surface area contributed by atoms with Crippen LogP contribution < -0.4 is 20.1 Å². The van der Waals surface area contributed by atoms with Gasteiger partial charge in [-0.05, 0) is 57.3 Å². The molecule has 1 aliphatic rings. The van der Waals surface area contributed by atoms with Crippen molar-refractivity contribution in [3.05, 3.63) is 47.0 Å². The van der Waals surface area contributed by atoms with Crippen molar-refractivity contribution >= 4 is 17.3 Å². The zero-order chi connectivity index (χ0) is 23.5. The Labute approximate surface area is 184 Å². The number of anilines is 2. The second-order valence-corrected chi connectivity index (χ2v) is 7.73. The van der Waals surface area contributed by atoms with Crippen molar-refractivity contribution < 1.29 is 27.4 Å². The molecule has 1 unspecified atom stereocenters. The first-order chi connectivity index (χ1) is 15.0. The van der Waals surface area contributed by atoms with Gasteiger partial charge in [-0.25, -0.2) is 0 Å². The van der Waals surface area contributed by atoms with Gasteiger partial charge in [-0.1, -0.05) is 17.9 Å². The number of halogens is 3. The van der Waals surface area contributed by atoms with Crippen molar-refractivity contribution in [1.29, 1.82) is 0 Å². The molecule has 1 atom stereocenters. The number of hydrogen-bond donors (Lipinski definition) is 2. The summed E-state index contributed by atoms with van der Waals surface area (Å²) in [6.45, 7) is 4.54. The average molecular weight is 447 g/mol. The Morgan fingerprint density at radius 1 is 1.28 bits per heavy atom. The lowest BCUT2D eigenvalue weighted by Crippen LogP contribution is -2.41. The van der Waals surface area contributed by atoms with Gasteiger partial charge in [-0.3, -0.25) is 9.69 Å². The molecule has 0 radical (unpaired) electrons. The summed E-state index contributed by atoms with van der Waals surface area (Å²) in [6, 6.07) is 7.51. The van der Waals surface area contributed by atoms with E-state index in [0.717, 1.165) is 17.2 Å². The zero-order valence-electron chi connectivity index (χ0n) is 18.2. The molecule has 0 saturated heterocycles. The number of nitrogens with zero attached hydrogens (tertiary/aromatic N) is 1. The Hall–Kier alpha value is -3.38. The fraction of sp³-hybridized carbons (Fsp3) is 0.348. The minimum Gasteiger partial charge on any atom is -0.476 e. The maximum absolute atomic E-state index is 12.9. The number of alkyl halides is 3. The third-order valence-corrected chi connectivity index (χ3v) is 4.57. The van der Waals surface area contributed by atoms with Crippen LogP contribution in [0.25, 0.3) is 0 Å². The number of carbonyl (C=O) groups is 1. The van der Waals surface area contributed by atoms with E-state index in [4.69, 9.17) is 4.74 Å². The summed E-state index contributed by atoms with van der Waals surface area (Å²) >= 11 is 0. The highest BCUT2D eigenvalue weighted by Gasteiger charge is 2.32. The smallest absolute Gasteiger partial charge is 0.476 e. The van der Waals surface area contributed by atoms with E-state index in [1.54, 1.807) is 0 Å². The van der Waals surface area contributed by atoms with Crippen LogP contribution in [0.3, 0.4) is 0 Å². The first-order valence-electron chi connectivity index (χ1n) is 9.88. The molecule has 2 aromatic carbocycles. The number of fused-ring (bicyclic) bond motifs is 1. The van der Waals surface area contributed by atoms with E-state index >= 15 is 0 Å². The topological polar surface area (TPSA) is 62.8 Å². The van der Waals surface area contributed by atoms with Crippen LogP contribution in [0.4, 0.5) is 24.5 Å². The number of ether oxygens (including phenoxy) is 2. The molecule has 32 heavy (non-hydrogen) atoms. The highest BCUT2D eigenvalue weighted by atomic mass is 19.4. The first-order valence-corrected chi connectivity index (χ1v) is 9.88. The summed E-state index contributed by atoms with van der Waals surface area (Å²) in [5.74, 6) is 5.40. The largest absolute Gasteiger partial charge is 0.573 e. The third-order valence-electron chi connectivity index (χ3n) is 4.57. The standard InChI is InChI=1S/C23H24F3N3O3/c1-14-10-15(2)21(16(11-14)6-5-9-29(3)4)28-22(30)20-13-27-18-8-7-17(12-19(18)31-20)32-23(24,25)26/h7-8,10-12,20,27H,9,13H2,1-4H3,(H,28,30). The van der Waals surface area contributed by atoms with Gasteiger partial charge in [0, 0.05) is 11.6 Å². The van der Waals surface area contributed by atoms with Crippen LogP contribution in [-0.2, 0) is 4.79 Å². The van der Waals surface area contributed by atoms with Crippen molar-refractivity contribution in [3.63, 3.8) is 0 Å². The van der Waals surface area contributed by atoms with Crippen LogP contribution in [0.2, 0.25) is 0 Å². The van der Waals surface area contributed by atoms with Crippen molar-refractivity contribution in [2.45, 2.75) is 26.3 Å². The second kappa shape index (κ2) is 9.40. The van der Waals surface area contributed by atoms with Gasteiger partial charge >= 0.3 is 6.36 Å². The number of rotatable bonds is 4. The van der Waals surface area contributed by atoms with E-state index in [-0.39, 0.29) is 12.3 Å². The molecule has 1 aliphatic heterocycles. The van der Waals surface area contributed by atoms with Crippen LogP contribution in [0.15, 0.2) is 30.3 Å². The molecule has 1 amide bonds. The molecular weight excluding hydrogens is 423 g/mol. The van der Waals surface area contributed by atoms with Gasteiger partial charge in [0.25, 0.3) is 5.91 Å². The number of nitrogens with one attached hydrogen (secondary N) is 2. The van der Waals surface area contributed by atoms with Gasteiger partial charge in [-0.2, -0.15) is 0 Å². The van der Waals surface area contributed by atoms with E-state index in [2.05, 4.69) is 27.2 Å². The number of carbonyl (C=O) groups excluding carboxylic acids is 1. The molecule has 6 nitrogen and oxygen atoms in total. The lowest BCUT2D eigenvalue weighted by atomic mass is 10.0. The Balaban J connectivity index is 1.79. The van der Waals surface area contributed by atoms with E-state index in [0.29, 0.717) is 23.5 Å². The Bertz CT molecular complexity index is 1070. The summed E-state index contributed by atoms with van der Waals surface area (Å²) in [5, 5.41) is 5.86. The summed E-state index contributed by atoms with van der Waals surface area (Å²) in [7, 11) is 3.82. The van der Waals surface area contributed by atoms with Crippen LogP contribution in [0, 0.1) is 25.7 Å². The average Bonchev–Trinajstić information content (AvgIpc) is 2.68. The Kier molecular flexibility index (Phi) is 6.84. The van der Waals surface area contributed by atoms with Gasteiger partial charge in [0.1, 0.15) is 11.5 Å². The molecule has 0 aliphatic carbocycles. The fourth-order valence-corrected chi connectivity index (χ4v) is 3.22. The monoisotopic (exact) mass is 447 g/mol. The minimum absolute atomic E-state index is 0.102.